The molecule has 5 nitrogen and oxygen atoms in total. The second-order valence-electron chi connectivity index (χ2n) is 3.75. The van der Waals surface area contributed by atoms with Crippen LogP contribution in [-0.4, -0.2) is 25.4 Å². The van der Waals surface area contributed by atoms with Crippen LogP contribution in [-0.2, 0) is 16.0 Å². The standard InChI is InChI=1S/C12H15NO4/c1-2-15-12(14)9(13)5-8-3-4-10-11(6-8)17-7-16-10/h3-4,6,9H,2,5,7,13H2,1H3. The highest BCUT2D eigenvalue weighted by Crippen LogP contribution is 2.32. The molecule has 1 aliphatic rings. The van der Waals surface area contributed by atoms with Crippen LogP contribution in [0.4, 0.5) is 0 Å². The van der Waals surface area contributed by atoms with E-state index in [9.17, 15) is 4.79 Å². The molecule has 1 atom stereocenters. The Morgan fingerprint density at radius 3 is 3.00 bits per heavy atom. The van der Waals surface area contributed by atoms with Gasteiger partial charge in [-0.05, 0) is 31.0 Å². The van der Waals surface area contributed by atoms with Crippen LogP contribution in [0.1, 0.15) is 12.5 Å². The van der Waals surface area contributed by atoms with Crippen molar-refractivity contribution >= 4 is 5.97 Å². The lowest BCUT2D eigenvalue weighted by atomic mass is 10.1. The average molecular weight is 237 g/mol. The van der Waals surface area contributed by atoms with Crippen LogP contribution >= 0.6 is 0 Å². The first-order valence-electron chi connectivity index (χ1n) is 5.51. The Kier molecular flexibility index (Phi) is 3.49. The fraction of sp³-hybridized carbons (Fsp3) is 0.417. The third-order valence-electron chi connectivity index (χ3n) is 2.48. The zero-order valence-corrected chi connectivity index (χ0v) is 9.64. The molecule has 2 N–H and O–H groups in total. The number of carbonyl (C=O) groups excluding carboxylic acids is 1. The van der Waals surface area contributed by atoms with Gasteiger partial charge in [0.2, 0.25) is 6.79 Å². The molecule has 1 unspecified atom stereocenters. The fourth-order valence-corrected chi connectivity index (χ4v) is 1.65. The molecule has 0 aliphatic carbocycles. The summed E-state index contributed by atoms with van der Waals surface area (Å²) in [7, 11) is 0. The first kappa shape index (κ1) is 11.7. The predicted octanol–water partition coefficient (Wildman–Crippen LogP) is 0.848. The van der Waals surface area contributed by atoms with Crippen LogP contribution in [0.15, 0.2) is 18.2 Å². The molecular formula is C12H15NO4. The summed E-state index contributed by atoms with van der Waals surface area (Å²) in [5.41, 5.74) is 6.66. The van der Waals surface area contributed by atoms with Crippen LogP contribution < -0.4 is 15.2 Å². The van der Waals surface area contributed by atoms with E-state index in [1.165, 1.54) is 0 Å². The lowest BCUT2D eigenvalue weighted by Gasteiger charge is -2.10. The molecule has 92 valence electrons. The van der Waals surface area contributed by atoms with Gasteiger partial charge in [-0.25, -0.2) is 0 Å². The molecule has 0 saturated carbocycles. The monoisotopic (exact) mass is 237 g/mol. The number of esters is 1. The molecule has 0 aromatic heterocycles. The summed E-state index contributed by atoms with van der Waals surface area (Å²) in [5.74, 6) is 1.03. The van der Waals surface area contributed by atoms with Gasteiger partial charge in [-0.15, -0.1) is 0 Å². The van der Waals surface area contributed by atoms with E-state index in [0.29, 0.717) is 18.8 Å². The minimum absolute atomic E-state index is 0.239. The Bertz CT molecular complexity index is 419. The summed E-state index contributed by atoms with van der Waals surface area (Å²) >= 11 is 0. The summed E-state index contributed by atoms with van der Waals surface area (Å²) in [4.78, 5) is 11.4. The quantitative estimate of drug-likeness (QED) is 0.786. The van der Waals surface area contributed by atoms with Crippen LogP contribution in [0.25, 0.3) is 0 Å². The first-order chi connectivity index (χ1) is 8.20. The van der Waals surface area contributed by atoms with E-state index < -0.39 is 6.04 Å². The maximum atomic E-state index is 11.4. The van der Waals surface area contributed by atoms with E-state index in [-0.39, 0.29) is 12.8 Å². The van der Waals surface area contributed by atoms with Crippen molar-refractivity contribution in [2.24, 2.45) is 5.73 Å². The molecular weight excluding hydrogens is 222 g/mol. The van der Waals surface area contributed by atoms with Gasteiger partial charge in [-0.1, -0.05) is 6.07 Å². The number of ether oxygens (including phenoxy) is 3. The molecule has 1 aromatic rings. The molecule has 1 heterocycles. The molecule has 0 amide bonds. The predicted molar refractivity (Wildman–Crippen MR) is 60.9 cm³/mol. The van der Waals surface area contributed by atoms with E-state index in [1.807, 2.05) is 18.2 Å². The summed E-state index contributed by atoms with van der Waals surface area (Å²) in [6.07, 6.45) is 0.426. The highest BCUT2D eigenvalue weighted by Gasteiger charge is 2.18. The maximum Gasteiger partial charge on any atom is 0.323 e. The minimum atomic E-state index is -0.643. The van der Waals surface area contributed by atoms with Crippen LogP contribution in [0.5, 0.6) is 11.5 Å². The van der Waals surface area contributed by atoms with E-state index in [4.69, 9.17) is 19.9 Å². The average Bonchev–Trinajstić information content (AvgIpc) is 2.76. The molecule has 1 aromatic carbocycles. The normalized spacial score (nSPS) is 14.5. The van der Waals surface area contributed by atoms with Crippen LogP contribution in [0.3, 0.4) is 0 Å². The number of rotatable bonds is 4. The lowest BCUT2D eigenvalue weighted by Crippen LogP contribution is -2.34. The highest BCUT2D eigenvalue weighted by molar-refractivity contribution is 5.75. The van der Waals surface area contributed by atoms with Gasteiger partial charge in [0, 0.05) is 0 Å². The second kappa shape index (κ2) is 5.05. The van der Waals surface area contributed by atoms with Gasteiger partial charge in [0.15, 0.2) is 11.5 Å². The van der Waals surface area contributed by atoms with Crippen molar-refractivity contribution in [2.45, 2.75) is 19.4 Å². The number of hydrogen-bond donors (Lipinski definition) is 1. The smallest absolute Gasteiger partial charge is 0.323 e. The second-order valence-corrected chi connectivity index (χ2v) is 3.75. The van der Waals surface area contributed by atoms with Crippen LogP contribution in [0.2, 0.25) is 0 Å². The summed E-state index contributed by atoms with van der Waals surface area (Å²) in [6.45, 7) is 2.33. The van der Waals surface area contributed by atoms with Gasteiger partial charge < -0.3 is 19.9 Å². The summed E-state index contributed by atoms with van der Waals surface area (Å²) in [5, 5.41) is 0. The number of carbonyl (C=O) groups is 1. The Balaban J connectivity index is 2.01. The molecule has 0 fully saturated rings. The summed E-state index contributed by atoms with van der Waals surface area (Å²) in [6, 6.07) is 4.87. The van der Waals surface area contributed by atoms with Crippen molar-refractivity contribution < 1.29 is 19.0 Å². The number of benzene rings is 1. The minimum Gasteiger partial charge on any atom is -0.465 e. The van der Waals surface area contributed by atoms with Gasteiger partial charge in [0.1, 0.15) is 6.04 Å². The van der Waals surface area contributed by atoms with Crippen molar-refractivity contribution in [1.82, 2.24) is 0 Å². The van der Waals surface area contributed by atoms with Crippen molar-refractivity contribution in [3.05, 3.63) is 23.8 Å². The van der Waals surface area contributed by atoms with Gasteiger partial charge in [-0.2, -0.15) is 0 Å². The molecule has 0 bridgehead atoms. The van der Waals surface area contributed by atoms with Crippen LogP contribution in [0, 0.1) is 0 Å². The Hall–Kier alpha value is -1.75. The SMILES string of the molecule is CCOC(=O)C(N)Cc1ccc2c(c1)OCO2. The zero-order valence-electron chi connectivity index (χ0n) is 9.64. The van der Waals surface area contributed by atoms with Gasteiger partial charge in [0.05, 0.1) is 6.61 Å². The highest BCUT2D eigenvalue weighted by atomic mass is 16.7. The third-order valence-corrected chi connectivity index (χ3v) is 2.48. The topological polar surface area (TPSA) is 70.8 Å². The number of fused-ring (bicyclic) bond motifs is 1. The molecule has 0 radical (unpaired) electrons. The molecule has 0 spiro atoms. The maximum absolute atomic E-state index is 11.4. The molecule has 2 rings (SSSR count). The Labute approximate surface area is 99.5 Å². The Morgan fingerprint density at radius 2 is 2.24 bits per heavy atom. The largest absolute Gasteiger partial charge is 0.465 e. The first-order valence-corrected chi connectivity index (χ1v) is 5.51. The van der Waals surface area contributed by atoms with E-state index in [1.54, 1.807) is 6.92 Å². The van der Waals surface area contributed by atoms with Crippen molar-refractivity contribution in [3.8, 4) is 11.5 Å². The third kappa shape index (κ3) is 2.68. The molecule has 5 heteroatoms. The lowest BCUT2D eigenvalue weighted by molar-refractivity contribution is -0.144. The number of nitrogens with two attached hydrogens (primary N) is 1. The molecule has 1 aliphatic heterocycles. The summed E-state index contributed by atoms with van der Waals surface area (Å²) < 4.78 is 15.3. The van der Waals surface area contributed by atoms with Crippen molar-refractivity contribution in [2.75, 3.05) is 13.4 Å². The van der Waals surface area contributed by atoms with Gasteiger partial charge >= 0.3 is 5.97 Å². The molecule has 17 heavy (non-hydrogen) atoms. The zero-order chi connectivity index (χ0) is 12.3. The molecule has 0 saturated heterocycles. The van der Waals surface area contributed by atoms with Gasteiger partial charge in [-0.3, -0.25) is 4.79 Å². The van der Waals surface area contributed by atoms with Crippen molar-refractivity contribution in [1.29, 1.82) is 0 Å². The van der Waals surface area contributed by atoms with E-state index >= 15 is 0 Å². The van der Waals surface area contributed by atoms with Crippen molar-refractivity contribution in [3.63, 3.8) is 0 Å². The Morgan fingerprint density at radius 1 is 1.47 bits per heavy atom. The van der Waals surface area contributed by atoms with E-state index in [0.717, 1.165) is 11.3 Å². The van der Waals surface area contributed by atoms with Gasteiger partial charge in [0.25, 0.3) is 0 Å². The number of hydrogen-bond acceptors (Lipinski definition) is 5. The van der Waals surface area contributed by atoms with E-state index in [2.05, 4.69) is 0 Å². The fourth-order valence-electron chi connectivity index (χ4n) is 1.65.